The minimum atomic E-state index is -0.734. The van der Waals surface area contributed by atoms with Crippen molar-refractivity contribution in [2.45, 2.75) is 0 Å². The molecule has 0 aliphatic heterocycles. The van der Waals surface area contributed by atoms with E-state index in [1.807, 2.05) is 0 Å². The number of methoxy groups -OCH3 is 1. The average molecular weight is 355 g/mol. The van der Waals surface area contributed by atoms with Gasteiger partial charge in [-0.3, -0.25) is 9.89 Å². The molecule has 8 heteroatoms. The Hall–Kier alpha value is -3.68. The maximum Gasteiger partial charge on any atom is 0.341 e. The minimum Gasteiger partial charge on any atom is -0.505 e. The number of rotatable bonds is 4. The van der Waals surface area contributed by atoms with Gasteiger partial charge in [0.1, 0.15) is 17.1 Å². The molecule has 0 unspecified atom stereocenters. The summed E-state index contributed by atoms with van der Waals surface area (Å²) < 4.78 is 18.4. The van der Waals surface area contributed by atoms with Crippen LogP contribution < -0.4 is 5.32 Å². The van der Waals surface area contributed by atoms with Gasteiger partial charge in [0.2, 0.25) is 0 Å². The van der Waals surface area contributed by atoms with Gasteiger partial charge in [-0.15, -0.1) is 0 Å². The highest BCUT2D eigenvalue weighted by Crippen LogP contribution is 2.28. The zero-order chi connectivity index (χ0) is 18.7. The number of hydrogen-bond donors (Lipinski definition) is 3. The van der Waals surface area contributed by atoms with E-state index in [1.54, 1.807) is 18.2 Å². The number of amides is 1. The van der Waals surface area contributed by atoms with Crippen molar-refractivity contribution in [2.75, 3.05) is 12.4 Å². The number of carbonyl (C=O) groups is 2. The molecule has 3 aromatic rings. The van der Waals surface area contributed by atoms with E-state index in [0.29, 0.717) is 0 Å². The normalized spacial score (nSPS) is 10.4. The van der Waals surface area contributed by atoms with Gasteiger partial charge in [0.25, 0.3) is 5.91 Å². The van der Waals surface area contributed by atoms with Crippen molar-refractivity contribution in [1.29, 1.82) is 0 Å². The molecule has 0 aliphatic carbocycles. The number of ether oxygens (including phenoxy) is 1. The molecule has 7 nitrogen and oxygen atoms in total. The Labute approximate surface area is 147 Å². The van der Waals surface area contributed by atoms with E-state index in [0.717, 1.165) is 0 Å². The van der Waals surface area contributed by atoms with Crippen LogP contribution in [0.2, 0.25) is 0 Å². The van der Waals surface area contributed by atoms with E-state index in [4.69, 9.17) is 0 Å². The number of halogens is 1. The van der Waals surface area contributed by atoms with Crippen LogP contribution in [0.3, 0.4) is 0 Å². The van der Waals surface area contributed by atoms with Crippen LogP contribution in [0.15, 0.2) is 48.5 Å². The number of nitrogens with zero attached hydrogens (tertiary/aromatic N) is 1. The van der Waals surface area contributed by atoms with Gasteiger partial charge in [-0.25, -0.2) is 9.18 Å². The molecule has 0 atom stereocenters. The third-order valence-electron chi connectivity index (χ3n) is 3.66. The molecule has 2 aromatic carbocycles. The summed E-state index contributed by atoms with van der Waals surface area (Å²) in [7, 11) is 1.18. The molecule has 0 fully saturated rings. The fourth-order valence-corrected chi connectivity index (χ4v) is 2.35. The third kappa shape index (κ3) is 3.25. The lowest BCUT2D eigenvalue weighted by atomic mass is 10.1. The summed E-state index contributed by atoms with van der Waals surface area (Å²) in [5.41, 5.74) is 0.521. The maximum absolute atomic E-state index is 13.8. The minimum absolute atomic E-state index is 0.0277. The number of aromatic nitrogens is 2. The number of aromatic amines is 1. The van der Waals surface area contributed by atoms with E-state index < -0.39 is 23.4 Å². The molecule has 0 spiro atoms. The van der Waals surface area contributed by atoms with Crippen LogP contribution in [-0.2, 0) is 4.74 Å². The summed E-state index contributed by atoms with van der Waals surface area (Å²) in [5.74, 6) is -2.23. The smallest absolute Gasteiger partial charge is 0.341 e. The molecule has 0 radical (unpaired) electrons. The van der Waals surface area contributed by atoms with Gasteiger partial charge in [-0.1, -0.05) is 18.2 Å². The summed E-state index contributed by atoms with van der Waals surface area (Å²) in [6.07, 6.45) is 0. The summed E-state index contributed by atoms with van der Waals surface area (Å²) >= 11 is 0. The molecule has 132 valence electrons. The Morgan fingerprint density at radius 3 is 2.69 bits per heavy atom. The number of phenols is 1. The SMILES string of the molecule is COC(=O)c1cccc(NC(=O)c2cc(-c3ccccc3F)n[nH]2)c1O. The monoisotopic (exact) mass is 355 g/mol. The Bertz CT molecular complexity index is 984. The molecule has 26 heavy (non-hydrogen) atoms. The van der Waals surface area contributed by atoms with Crippen LogP contribution in [-0.4, -0.2) is 34.3 Å². The molecular formula is C18H14FN3O4. The molecule has 3 N–H and O–H groups in total. The molecule has 0 aliphatic rings. The van der Waals surface area contributed by atoms with Crippen molar-refractivity contribution in [2.24, 2.45) is 0 Å². The van der Waals surface area contributed by atoms with Gasteiger partial charge >= 0.3 is 5.97 Å². The highest BCUT2D eigenvalue weighted by Gasteiger charge is 2.18. The van der Waals surface area contributed by atoms with Gasteiger partial charge in [0.15, 0.2) is 5.75 Å². The number of esters is 1. The zero-order valence-electron chi connectivity index (χ0n) is 13.6. The van der Waals surface area contributed by atoms with Crippen molar-refractivity contribution < 1.29 is 23.8 Å². The first kappa shape index (κ1) is 17.2. The lowest BCUT2D eigenvalue weighted by Gasteiger charge is -2.09. The van der Waals surface area contributed by atoms with Crippen LogP contribution in [0.1, 0.15) is 20.8 Å². The summed E-state index contributed by atoms with van der Waals surface area (Å²) in [6, 6.07) is 11.7. The third-order valence-corrected chi connectivity index (χ3v) is 3.66. The Morgan fingerprint density at radius 1 is 1.19 bits per heavy atom. The Morgan fingerprint density at radius 2 is 1.96 bits per heavy atom. The number of aromatic hydroxyl groups is 1. The van der Waals surface area contributed by atoms with E-state index >= 15 is 0 Å². The van der Waals surface area contributed by atoms with Gasteiger partial charge in [0.05, 0.1) is 18.5 Å². The Kier molecular flexibility index (Phi) is 4.66. The summed E-state index contributed by atoms with van der Waals surface area (Å²) in [5, 5.41) is 19.0. The fraction of sp³-hybridized carbons (Fsp3) is 0.0556. The summed E-state index contributed by atoms with van der Waals surface area (Å²) in [4.78, 5) is 23.9. The van der Waals surface area contributed by atoms with Crippen molar-refractivity contribution in [3.63, 3.8) is 0 Å². The first-order chi connectivity index (χ1) is 12.5. The number of benzene rings is 2. The molecule has 1 aromatic heterocycles. The number of para-hydroxylation sites is 1. The van der Waals surface area contributed by atoms with E-state index in [1.165, 1.54) is 37.4 Å². The average Bonchev–Trinajstić information content (AvgIpc) is 3.13. The number of phenolic OH excluding ortho intramolecular Hbond substituents is 1. The van der Waals surface area contributed by atoms with Crippen molar-refractivity contribution in [3.8, 4) is 17.0 Å². The lowest BCUT2D eigenvalue weighted by molar-refractivity contribution is 0.0597. The highest BCUT2D eigenvalue weighted by molar-refractivity contribution is 6.05. The standard InChI is InChI=1S/C18H14FN3O4/c1-26-18(25)11-6-4-8-13(16(11)23)20-17(24)15-9-14(21-22-15)10-5-2-3-7-12(10)19/h2-9,23H,1H3,(H,20,24)(H,21,22). The van der Waals surface area contributed by atoms with Gasteiger partial charge in [-0.05, 0) is 30.3 Å². The molecular weight excluding hydrogens is 341 g/mol. The number of nitrogens with one attached hydrogen (secondary N) is 2. The van der Waals surface area contributed by atoms with Crippen molar-refractivity contribution in [3.05, 3.63) is 65.6 Å². The van der Waals surface area contributed by atoms with Crippen LogP contribution in [0.25, 0.3) is 11.3 Å². The second-order valence-corrected chi connectivity index (χ2v) is 5.29. The number of H-pyrrole nitrogens is 1. The van der Waals surface area contributed by atoms with E-state index in [9.17, 15) is 19.1 Å². The molecule has 1 amide bonds. The predicted molar refractivity (Wildman–Crippen MR) is 91.4 cm³/mol. The van der Waals surface area contributed by atoms with Crippen LogP contribution in [0.5, 0.6) is 5.75 Å². The number of carbonyl (C=O) groups excluding carboxylic acids is 2. The van der Waals surface area contributed by atoms with Crippen molar-refractivity contribution in [1.82, 2.24) is 10.2 Å². The molecule has 1 heterocycles. The molecule has 0 bridgehead atoms. The predicted octanol–water partition coefficient (Wildman–Crippen LogP) is 2.96. The van der Waals surface area contributed by atoms with Crippen molar-refractivity contribution >= 4 is 17.6 Å². The molecule has 0 saturated heterocycles. The molecule has 3 rings (SSSR count). The van der Waals surface area contributed by atoms with Gasteiger partial charge in [-0.2, -0.15) is 5.10 Å². The first-order valence-corrected chi connectivity index (χ1v) is 7.53. The Balaban J connectivity index is 1.84. The number of anilines is 1. The largest absolute Gasteiger partial charge is 0.505 e. The first-order valence-electron chi connectivity index (χ1n) is 7.53. The zero-order valence-corrected chi connectivity index (χ0v) is 13.6. The topological polar surface area (TPSA) is 104 Å². The maximum atomic E-state index is 13.8. The highest BCUT2D eigenvalue weighted by atomic mass is 19.1. The second-order valence-electron chi connectivity index (χ2n) is 5.29. The number of hydrogen-bond acceptors (Lipinski definition) is 5. The summed E-state index contributed by atoms with van der Waals surface area (Å²) in [6.45, 7) is 0. The van der Waals surface area contributed by atoms with E-state index in [-0.39, 0.29) is 28.2 Å². The fourth-order valence-electron chi connectivity index (χ4n) is 2.35. The van der Waals surface area contributed by atoms with Gasteiger partial charge < -0.3 is 15.2 Å². The second kappa shape index (κ2) is 7.06. The molecule has 0 saturated carbocycles. The van der Waals surface area contributed by atoms with E-state index in [2.05, 4.69) is 20.3 Å². The van der Waals surface area contributed by atoms with Crippen LogP contribution in [0, 0.1) is 5.82 Å². The quantitative estimate of drug-likeness (QED) is 0.493. The van der Waals surface area contributed by atoms with Crippen LogP contribution >= 0.6 is 0 Å². The van der Waals surface area contributed by atoms with Gasteiger partial charge in [0, 0.05) is 5.56 Å². The lowest BCUT2D eigenvalue weighted by Crippen LogP contribution is -2.13. The van der Waals surface area contributed by atoms with Crippen LogP contribution in [0.4, 0.5) is 10.1 Å².